The fourth-order valence-corrected chi connectivity index (χ4v) is 8.84. The smallest absolute Gasteiger partial charge is 0.456 e. The molecule has 0 rings (SSSR count). The van der Waals surface area contributed by atoms with Crippen molar-refractivity contribution in [2.45, 2.75) is 277 Å². The lowest BCUT2D eigenvalue weighted by molar-refractivity contribution is -0.870. The number of amides is 1. The van der Waals surface area contributed by atoms with Crippen LogP contribution in [-0.4, -0.2) is 74.3 Å². The van der Waals surface area contributed by atoms with Crippen LogP contribution >= 0.6 is 7.82 Å². The molecule has 0 saturated carbocycles. The normalized spacial score (nSPS) is 14.1. The maximum Gasteiger partial charge on any atom is 0.472 e. The number of quaternary nitrogens is 1. The highest BCUT2D eigenvalue weighted by atomic mass is 31.2. The van der Waals surface area contributed by atoms with Crippen LogP contribution in [0.25, 0.3) is 0 Å². The molecule has 0 spiro atoms. The van der Waals surface area contributed by atoms with Crippen molar-refractivity contribution < 1.29 is 37.3 Å². The van der Waals surface area contributed by atoms with Gasteiger partial charge in [-0.3, -0.25) is 18.6 Å². The molecule has 3 atom stereocenters. The van der Waals surface area contributed by atoms with Gasteiger partial charge in [-0.2, -0.15) is 0 Å². The number of hydrogen-bond acceptors (Lipinski definition) is 6. The van der Waals surface area contributed by atoms with Gasteiger partial charge in [0, 0.05) is 12.8 Å². The Balaban J connectivity index is 5.34. The van der Waals surface area contributed by atoms with E-state index in [0.717, 1.165) is 83.5 Å². The van der Waals surface area contributed by atoms with Gasteiger partial charge in [0.05, 0.1) is 33.8 Å². The van der Waals surface area contributed by atoms with Gasteiger partial charge in [-0.25, -0.2) is 4.57 Å². The standard InChI is InChI=1S/C57H109N2O7P/c1-7-10-13-16-19-22-25-27-28-29-30-32-34-37-40-43-46-49-56(60)58-54(53-65-67(62,63)64-52-51-59(4,5)6)55(48-45-42-39-36-33-24-21-18-15-12-9-3)66-57(61)50-47-44-41-38-35-31-26-23-20-17-14-11-8-2/h27-28,31,35,45,48,54-55H,7-26,29-30,32-34,36-44,46-47,49-53H2,1-6H3,(H-,58,60,62,63)/p+1/b28-27+,35-31-,48-45-. The number of likely N-dealkylation sites (N-methyl/N-ethyl adjacent to an activating group) is 1. The maximum absolute atomic E-state index is 13.5. The lowest BCUT2D eigenvalue weighted by Gasteiger charge is -2.27. The molecule has 9 nitrogen and oxygen atoms in total. The van der Waals surface area contributed by atoms with Crippen molar-refractivity contribution in [3.05, 3.63) is 36.5 Å². The van der Waals surface area contributed by atoms with E-state index in [1.165, 1.54) is 148 Å². The van der Waals surface area contributed by atoms with Gasteiger partial charge < -0.3 is 19.4 Å². The number of ether oxygens (including phenoxy) is 1. The molecular weight excluding hydrogens is 856 g/mol. The van der Waals surface area contributed by atoms with Crippen molar-refractivity contribution in [3.63, 3.8) is 0 Å². The molecule has 10 heteroatoms. The van der Waals surface area contributed by atoms with Crippen LogP contribution in [-0.2, 0) is 27.9 Å². The predicted octanol–water partition coefficient (Wildman–Crippen LogP) is 16.8. The second-order valence-electron chi connectivity index (χ2n) is 20.5. The summed E-state index contributed by atoms with van der Waals surface area (Å²) >= 11 is 0. The van der Waals surface area contributed by atoms with Gasteiger partial charge in [-0.1, -0.05) is 205 Å². The first-order valence-electron chi connectivity index (χ1n) is 28.3. The largest absolute Gasteiger partial charge is 0.472 e. The van der Waals surface area contributed by atoms with Gasteiger partial charge in [-0.05, 0) is 83.1 Å². The molecule has 3 unspecified atom stereocenters. The quantitative estimate of drug-likeness (QED) is 0.0205. The van der Waals surface area contributed by atoms with E-state index in [9.17, 15) is 19.0 Å². The number of nitrogens with one attached hydrogen (secondary N) is 1. The average molecular weight is 966 g/mol. The first kappa shape index (κ1) is 65.2. The van der Waals surface area contributed by atoms with Crippen molar-refractivity contribution in [2.75, 3.05) is 40.9 Å². The molecular formula is C57H110N2O7P+. The molecule has 0 aliphatic heterocycles. The third-order valence-corrected chi connectivity index (χ3v) is 13.5. The first-order valence-corrected chi connectivity index (χ1v) is 29.8. The minimum atomic E-state index is -4.44. The van der Waals surface area contributed by atoms with Crippen LogP contribution in [0.4, 0.5) is 0 Å². The van der Waals surface area contributed by atoms with E-state index in [1.807, 2.05) is 33.3 Å². The highest BCUT2D eigenvalue weighted by molar-refractivity contribution is 7.47. The van der Waals surface area contributed by atoms with E-state index in [0.29, 0.717) is 17.4 Å². The van der Waals surface area contributed by atoms with Crippen LogP contribution < -0.4 is 5.32 Å². The number of phosphoric acid groups is 1. The monoisotopic (exact) mass is 966 g/mol. The van der Waals surface area contributed by atoms with Crippen LogP contribution in [0.2, 0.25) is 0 Å². The van der Waals surface area contributed by atoms with Crippen LogP contribution in [0.3, 0.4) is 0 Å². The van der Waals surface area contributed by atoms with Crippen molar-refractivity contribution in [2.24, 2.45) is 0 Å². The highest BCUT2D eigenvalue weighted by Crippen LogP contribution is 2.43. The Hall–Kier alpha value is -1.77. The van der Waals surface area contributed by atoms with Gasteiger partial charge >= 0.3 is 13.8 Å². The lowest BCUT2D eigenvalue weighted by Crippen LogP contribution is -2.47. The Bertz CT molecular complexity index is 1250. The fraction of sp³-hybridized carbons (Fsp3) is 0.860. The summed E-state index contributed by atoms with van der Waals surface area (Å²) in [4.78, 5) is 37.5. The SMILES string of the molecule is CCCCCCCC/C=C\CCCCCC(=O)OC(/C=C\CCCCCCCCCCC)C(COP(=O)(O)OCC[N+](C)(C)C)NC(=O)CCCCCCCCC/C=C/CCCCCCCC. The fourth-order valence-electron chi connectivity index (χ4n) is 8.11. The molecule has 0 fully saturated rings. The summed E-state index contributed by atoms with van der Waals surface area (Å²) in [7, 11) is 1.49. The number of esters is 1. The Kier molecular flexibility index (Phi) is 46.6. The van der Waals surface area contributed by atoms with Gasteiger partial charge in [0.2, 0.25) is 5.91 Å². The molecule has 394 valence electrons. The molecule has 2 N–H and O–H groups in total. The number of carbonyl (C=O) groups excluding carboxylic acids is 2. The van der Waals surface area contributed by atoms with E-state index < -0.39 is 20.0 Å². The Morgan fingerprint density at radius 2 is 0.866 bits per heavy atom. The van der Waals surface area contributed by atoms with Crippen LogP contribution in [0, 0.1) is 0 Å². The van der Waals surface area contributed by atoms with Crippen LogP contribution in [0.5, 0.6) is 0 Å². The van der Waals surface area contributed by atoms with E-state index >= 15 is 0 Å². The summed E-state index contributed by atoms with van der Waals surface area (Å²) < 4.78 is 30.5. The van der Waals surface area contributed by atoms with E-state index in [1.54, 1.807) is 0 Å². The predicted molar refractivity (Wildman–Crippen MR) is 286 cm³/mol. The number of carbonyl (C=O) groups is 2. The molecule has 0 aromatic carbocycles. The van der Waals surface area contributed by atoms with Crippen LogP contribution in [0.15, 0.2) is 36.5 Å². The first-order chi connectivity index (χ1) is 32.4. The van der Waals surface area contributed by atoms with Crippen molar-refractivity contribution in [1.29, 1.82) is 0 Å². The Morgan fingerprint density at radius 3 is 1.28 bits per heavy atom. The van der Waals surface area contributed by atoms with Gasteiger partial charge in [-0.15, -0.1) is 0 Å². The second-order valence-corrected chi connectivity index (χ2v) is 21.9. The molecule has 67 heavy (non-hydrogen) atoms. The van der Waals surface area contributed by atoms with Crippen LogP contribution in [0.1, 0.15) is 265 Å². The summed E-state index contributed by atoms with van der Waals surface area (Å²) in [6.07, 6.45) is 55.6. The minimum Gasteiger partial charge on any atom is -0.456 e. The number of allylic oxidation sites excluding steroid dienone is 5. The zero-order chi connectivity index (χ0) is 49.4. The Morgan fingerprint density at radius 1 is 0.507 bits per heavy atom. The lowest BCUT2D eigenvalue weighted by atomic mass is 10.1. The third kappa shape index (κ3) is 49.0. The molecule has 0 aromatic heterocycles. The maximum atomic E-state index is 13.5. The van der Waals surface area contributed by atoms with E-state index in [-0.39, 0.29) is 31.5 Å². The molecule has 0 aromatic rings. The zero-order valence-corrected chi connectivity index (χ0v) is 45.8. The summed E-state index contributed by atoms with van der Waals surface area (Å²) in [5.74, 6) is -0.524. The summed E-state index contributed by atoms with van der Waals surface area (Å²) in [5.41, 5.74) is 0. The van der Waals surface area contributed by atoms with Gasteiger partial charge in [0.1, 0.15) is 19.3 Å². The second kappa shape index (κ2) is 47.9. The van der Waals surface area contributed by atoms with E-state index in [2.05, 4.69) is 50.4 Å². The molecule has 0 bridgehead atoms. The number of hydrogen-bond donors (Lipinski definition) is 2. The summed E-state index contributed by atoms with van der Waals surface area (Å²) in [6, 6.07) is -0.852. The molecule has 0 saturated heterocycles. The number of rotatable bonds is 51. The van der Waals surface area contributed by atoms with Crippen molar-refractivity contribution >= 4 is 19.7 Å². The van der Waals surface area contributed by atoms with Gasteiger partial charge in [0.15, 0.2) is 0 Å². The molecule has 0 radical (unpaired) electrons. The molecule has 0 aliphatic carbocycles. The number of phosphoric ester groups is 1. The zero-order valence-electron chi connectivity index (χ0n) is 44.9. The highest BCUT2D eigenvalue weighted by Gasteiger charge is 2.30. The summed E-state index contributed by atoms with van der Waals surface area (Å²) in [5, 5.41) is 3.04. The Labute approximate surface area is 415 Å². The molecule has 0 heterocycles. The summed E-state index contributed by atoms with van der Waals surface area (Å²) in [6.45, 7) is 6.99. The topological polar surface area (TPSA) is 111 Å². The average Bonchev–Trinajstić information content (AvgIpc) is 3.28. The molecule has 1 amide bonds. The van der Waals surface area contributed by atoms with Crippen molar-refractivity contribution in [1.82, 2.24) is 5.32 Å². The van der Waals surface area contributed by atoms with Crippen molar-refractivity contribution in [3.8, 4) is 0 Å². The minimum absolute atomic E-state index is 0.0383. The number of nitrogens with zero attached hydrogens (tertiary/aromatic N) is 1. The number of unbranched alkanes of at least 4 members (excludes halogenated alkanes) is 31. The van der Waals surface area contributed by atoms with Gasteiger partial charge in [0.25, 0.3) is 0 Å². The molecule has 0 aliphatic rings. The van der Waals surface area contributed by atoms with E-state index in [4.69, 9.17) is 13.8 Å². The third-order valence-electron chi connectivity index (χ3n) is 12.6.